The number of fused-ring (bicyclic) bond motifs is 1. The molecule has 21 heavy (non-hydrogen) atoms. The van der Waals surface area contributed by atoms with Gasteiger partial charge in [0.1, 0.15) is 5.03 Å². The molecule has 1 aromatic carbocycles. The van der Waals surface area contributed by atoms with Crippen LogP contribution in [0.2, 0.25) is 0 Å². The molecule has 1 aliphatic rings. The number of carbonyl (C=O) groups is 1. The Morgan fingerprint density at radius 2 is 2.29 bits per heavy atom. The van der Waals surface area contributed by atoms with E-state index in [9.17, 15) is 4.79 Å². The summed E-state index contributed by atoms with van der Waals surface area (Å²) in [6.07, 6.45) is 4.10. The molecule has 0 N–H and O–H groups in total. The molecule has 0 radical (unpaired) electrons. The van der Waals surface area contributed by atoms with Crippen molar-refractivity contribution in [3.8, 4) is 0 Å². The Morgan fingerprint density at radius 1 is 1.43 bits per heavy atom. The van der Waals surface area contributed by atoms with Crippen LogP contribution in [0.3, 0.4) is 0 Å². The van der Waals surface area contributed by atoms with Crippen molar-refractivity contribution < 1.29 is 4.79 Å². The van der Waals surface area contributed by atoms with E-state index in [4.69, 9.17) is 0 Å². The normalized spacial score (nSPS) is 18.9. The highest BCUT2D eigenvalue weighted by Gasteiger charge is 2.21. The van der Waals surface area contributed by atoms with Crippen molar-refractivity contribution >= 4 is 28.4 Å². The lowest BCUT2D eigenvalue weighted by Gasteiger charge is -2.30. The van der Waals surface area contributed by atoms with E-state index in [0.717, 1.165) is 35.3 Å². The van der Waals surface area contributed by atoms with Gasteiger partial charge in [0.05, 0.1) is 11.9 Å². The first-order chi connectivity index (χ1) is 10.2. The largest absolute Gasteiger partial charge is 0.342 e. The molecule has 0 aliphatic carbocycles. The molecule has 1 saturated heterocycles. The van der Waals surface area contributed by atoms with E-state index in [0.29, 0.717) is 11.7 Å². The third-order valence-electron chi connectivity index (χ3n) is 3.88. The van der Waals surface area contributed by atoms with Crippen LogP contribution in [0.15, 0.2) is 35.5 Å². The molecule has 1 aromatic heterocycles. The molecule has 1 atom stereocenters. The summed E-state index contributed by atoms with van der Waals surface area (Å²) in [4.78, 5) is 14.3. The Morgan fingerprint density at radius 3 is 3.14 bits per heavy atom. The van der Waals surface area contributed by atoms with Crippen LogP contribution in [0, 0.1) is 5.92 Å². The van der Waals surface area contributed by atoms with Crippen molar-refractivity contribution in [2.45, 2.75) is 24.8 Å². The molecule has 1 unspecified atom stereocenters. The van der Waals surface area contributed by atoms with Gasteiger partial charge < -0.3 is 4.90 Å². The monoisotopic (exact) mass is 301 g/mol. The van der Waals surface area contributed by atoms with Crippen LogP contribution in [0.1, 0.15) is 19.8 Å². The minimum atomic E-state index is 0.210. The number of aromatic nitrogens is 2. The van der Waals surface area contributed by atoms with Crippen LogP contribution >= 0.6 is 11.8 Å². The van der Waals surface area contributed by atoms with Gasteiger partial charge in [-0.1, -0.05) is 43.0 Å². The Labute approximate surface area is 128 Å². The fourth-order valence-electron chi connectivity index (χ4n) is 2.75. The lowest BCUT2D eigenvalue weighted by molar-refractivity contribution is -0.130. The molecule has 1 fully saturated rings. The van der Waals surface area contributed by atoms with Crippen molar-refractivity contribution in [2.24, 2.45) is 5.92 Å². The average Bonchev–Trinajstić information content (AvgIpc) is 2.52. The second-order valence-corrected chi connectivity index (χ2v) is 6.58. The van der Waals surface area contributed by atoms with Crippen LogP contribution in [-0.4, -0.2) is 39.8 Å². The number of piperidine rings is 1. The number of carbonyl (C=O) groups excluding carboxylic acids is 1. The van der Waals surface area contributed by atoms with Crippen LogP contribution in [-0.2, 0) is 4.79 Å². The van der Waals surface area contributed by atoms with Crippen molar-refractivity contribution in [3.63, 3.8) is 0 Å². The molecule has 5 heteroatoms. The maximum Gasteiger partial charge on any atom is 0.232 e. The molecule has 0 spiro atoms. The standard InChI is InChI=1S/C16H19N3OS/c1-12-5-4-8-19(10-12)15(20)11-21-16-14-7-3-2-6-13(14)9-17-18-16/h2-3,6-7,9,12H,4-5,8,10-11H2,1H3. The first-order valence-corrected chi connectivity index (χ1v) is 8.33. The molecule has 1 amide bonds. The smallest absolute Gasteiger partial charge is 0.232 e. The fourth-order valence-corrected chi connectivity index (χ4v) is 3.63. The van der Waals surface area contributed by atoms with Gasteiger partial charge in [0.15, 0.2) is 0 Å². The van der Waals surface area contributed by atoms with Gasteiger partial charge in [-0.3, -0.25) is 4.79 Å². The summed E-state index contributed by atoms with van der Waals surface area (Å²) in [5.41, 5.74) is 0. The third kappa shape index (κ3) is 3.35. The molecular weight excluding hydrogens is 282 g/mol. The van der Waals surface area contributed by atoms with Gasteiger partial charge in [0.25, 0.3) is 0 Å². The second-order valence-electron chi connectivity index (χ2n) is 5.61. The van der Waals surface area contributed by atoms with Gasteiger partial charge >= 0.3 is 0 Å². The molecule has 4 nitrogen and oxygen atoms in total. The number of nitrogens with zero attached hydrogens (tertiary/aromatic N) is 3. The number of hydrogen-bond donors (Lipinski definition) is 0. The number of hydrogen-bond acceptors (Lipinski definition) is 4. The molecule has 2 heterocycles. The molecule has 1 aliphatic heterocycles. The minimum absolute atomic E-state index is 0.210. The highest BCUT2D eigenvalue weighted by atomic mass is 32.2. The quantitative estimate of drug-likeness (QED) is 0.818. The highest BCUT2D eigenvalue weighted by molar-refractivity contribution is 8.00. The summed E-state index contributed by atoms with van der Waals surface area (Å²) in [5, 5.41) is 11.2. The number of benzene rings is 1. The van der Waals surface area contributed by atoms with Crippen molar-refractivity contribution in [2.75, 3.05) is 18.8 Å². The highest BCUT2D eigenvalue weighted by Crippen LogP contribution is 2.25. The summed E-state index contributed by atoms with van der Waals surface area (Å²) in [5.74, 6) is 1.27. The van der Waals surface area contributed by atoms with E-state index in [1.807, 2.05) is 29.2 Å². The molecule has 0 bridgehead atoms. The van der Waals surface area contributed by atoms with Gasteiger partial charge in [-0.15, -0.1) is 5.10 Å². The van der Waals surface area contributed by atoms with Gasteiger partial charge in [-0.2, -0.15) is 5.10 Å². The van der Waals surface area contributed by atoms with E-state index in [2.05, 4.69) is 17.1 Å². The van der Waals surface area contributed by atoms with Gasteiger partial charge in [0, 0.05) is 23.9 Å². The number of thioether (sulfide) groups is 1. The van der Waals surface area contributed by atoms with E-state index in [-0.39, 0.29) is 5.91 Å². The maximum absolute atomic E-state index is 12.3. The average molecular weight is 301 g/mol. The SMILES string of the molecule is CC1CCCN(C(=O)CSc2nncc3ccccc23)C1. The third-order valence-corrected chi connectivity index (χ3v) is 4.84. The van der Waals surface area contributed by atoms with Crippen molar-refractivity contribution in [1.29, 1.82) is 0 Å². The minimum Gasteiger partial charge on any atom is -0.342 e. The van der Waals surface area contributed by atoms with Crippen LogP contribution in [0.5, 0.6) is 0 Å². The zero-order valence-electron chi connectivity index (χ0n) is 12.2. The van der Waals surface area contributed by atoms with Gasteiger partial charge in [-0.25, -0.2) is 0 Å². The van der Waals surface area contributed by atoms with Crippen molar-refractivity contribution in [1.82, 2.24) is 15.1 Å². The summed E-state index contributed by atoms with van der Waals surface area (Å²) in [6, 6.07) is 8.02. The fraction of sp³-hybridized carbons (Fsp3) is 0.438. The zero-order chi connectivity index (χ0) is 14.7. The number of rotatable bonds is 3. The van der Waals surface area contributed by atoms with Crippen LogP contribution < -0.4 is 0 Å². The summed E-state index contributed by atoms with van der Waals surface area (Å²) >= 11 is 1.49. The van der Waals surface area contributed by atoms with Gasteiger partial charge in [-0.05, 0) is 18.8 Å². The first kappa shape index (κ1) is 14.3. The molecule has 0 saturated carbocycles. The Kier molecular flexibility index (Phi) is 4.39. The molecular formula is C16H19N3OS. The lowest BCUT2D eigenvalue weighted by Crippen LogP contribution is -2.40. The molecule has 3 rings (SSSR count). The Balaban J connectivity index is 1.67. The summed E-state index contributed by atoms with van der Waals surface area (Å²) in [6.45, 7) is 3.99. The maximum atomic E-state index is 12.3. The Hall–Kier alpha value is -1.62. The van der Waals surface area contributed by atoms with Gasteiger partial charge in [0.2, 0.25) is 5.91 Å². The lowest BCUT2D eigenvalue weighted by atomic mass is 10.0. The predicted molar refractivity (Wildman–Crippen MR) is 85.2 cm³/mol. The zero-order valence-corrected chi connectivity index (χ0v) is 13.0. The van der Waals surface area contributed by atoms with Crippen LogP contribution in [0.25, 0.3) is 10.8 Å². The second kappa shape index (κ2) is 6.43. The summed E-state index contributed by atoms with van der Waals surface area (Å²) < 4.78 is 0. The molecule has 2 aromatic rings. The van der Waals surface area contributed by atoms with E-state index in [1.165, 1.54) is 18.2 Å². The Bertz CT molecular complexity index is 641. The topological polar surface area (TPSA) is 46.1 Å². The molecule has 110 valence electrons. The van der Waals surface area contributed by atoms with E-state index in [1.54, 1.807) is 6.20 Å². The van der Waals surface area contributed by atoms with Crippen molar-refractivity contribution in [3.05, 3.63) is 30.5 Å². The number of amides is 1. The predicted octanol–water partition coefficient (Wildman–Crippen LogP) is 2.98. The van der Waals surface area contributed by atoms with E-state index >= 15 is 0 Å². The number of likely N-dealkylation sites (tertiary alicyclic amines) is 1. The van der Waals surface area contributed by atoms with Crippen LogP contribution in [0.4, 0.5) is 0 Å². The van der Waals surface area contributed by atoms with E-state index < -0.39 is 0 Å². The first-order valence-electron chi connectivity index (χ1n) is 7.35. The summed E-state index contributed by atoms with van der Waals surface area (Å²) in [7, 11) is 0.